The molecule has 46 heavy (non-hydrogen) atoms. The van der Waals surface area contributed by atoms with Crippen molar-refractivity contribution in [3.05, 3.63) is 126 Å². The number of fused-ring (bicyclic) bond motifs is 3. The summed E-state index contributed by atoms with van der Waals surface area (Å²) in [6, 6.07) is 37.6. The summed E-state index contributed by atoms with van der Waals surface area (Å²) in [6.07, 6.45) is 2.87. The van der Waals surface area contributed by atoms with Gasteiger partial charge in [0.05, 0.1) is 12.8 Å². The second-order valence-electron chi connectivity index (χ2n) is 11.7. The molecule has 0 aliphatic carbocycles. The fourth-order valence-corrected chi connectivity index (χ4v) is 6.15. The summed E-state index contributed by atoms with van der Waals surface area (Å²) in [7, 11) is 1.69. The first-order chi connectivity index (χ1) is 21.9. The number of hydrogen-bond donors (Lipinski definition) is 0. The normalized spacial score (nSPS) is 11.3. The fourth-order valence-electron chi connectivity index (χ4n) is 6.15. The summed E-state index contributed by atoms with van der Waals surface area (Å²) < 4.78 is 16.1. The molecule has 0 fully saturated rings. The number of pyridine rings is 1. The van der Waals surface area contributed by atoms with Gasteiger partial charge in [-0.25, -0.2) is 4.98 Å². The maximum absolute atomic E-state index is 6.41. The van der Waals surface area contributed by atoms with Crippen LogP contribution in [0.5, 0.6) is 17.2 Å². The molecule has 0 spiro atoms. The molecule has 0 N–H and O–H groups in total. The van der Waals surface area contributed by atoms with Crippen molar-refractivity contribution in [2.45, 2.75) is 34.1 Å². The van der Waals surface area contributed by atoms with E-state index in [1.165, 1.54) is 5.56 Å². The first kappa shape index (κ1) is 31.3. The minimum absolute atomic E-state index is 0. The summed E-state index contributed by atoms with van der Waals surface area (Å²) in [5, 5.41) is 6.96. The van der Waals surface area contributed by atoms with Gasteiger partial charge in [0.15, 0.2) is 0 Å². The minimum Gasteiger partial charge on any atom is -0.509 e. The molecule has 0 unspecified atom stereocenters. The van der Waals surface area contributed by atoms with Crippen LogP contribution in [0.2, 0.25) is 0 Å². The van der Waals surface area contributed by atoms with Gasteiger partial charge in [0.2, 0.25) is 0 Å². The van der Waals surface area contributed by atoms with Crippen LogP contribution in [0.1, 0.15) is 30.8 Å². The molecule has 0 aliphatic rings. The van der Waals surface area contributed by atoms with Gasteiger partial charge >= 0.3 is 21.1 Å². The largest absolute Gasteiger partial charge is 2.00 e. The smallest absolute Gasteiger partial charge is 0.509 e. The number of rotatable bonds is 8. The summed E-state index contributed by atoms with van der Waals surface area (Å²) in [4.78, 5) is 4.79. The number of methoxy groups -OCH3 is 1. The first-order valence-corrected chi connectivity index (χ1v) is 15.2. The van der Waals surface area contributed by atoms with Gasteiger partial charge in [0.25, 0.3) is 0 Å². The van der Waals surface area contributed by atoms with Gasteiger partial charge in [0.1, 0.15) is 11.6 Å². The maximum atomic E-state index is 6.41. The SMILES string of the molecule is COc1ccc2c(c1)c1ccc(Oc3[c-]c(-n4nc(C)c(-c5ccccc5)c4C)ccc3)[c-]c1n2-c1cc(CC(C)C)ccn1.[Pt+2]. The van der Waals surface area contributed by atoms with Crippen LogP contribution in [-0.4, -0.2) is 26.4 Å². The third kappa shape index (κ3) is 5.86. The third-order valence-electron chi connectivity index (χ3n) is 8.09. The predicted molar refractivity (Wildman–Crippen MR) is 180 cm³/mol. The molecule has 3 heterocycles. The Kier molecular flexibility index (Phi) is 8.84. The molecule has 0 aliphatic heterocycles. The molecule has 0 amide bonds. The van der Waals surface area contributed by atoms with E-state index < -0.39 is 0 Å². The Hall–Kier alpha value is -4.67. The standard InChI is InChI=1S/C39H34N4O2.Pt/c1-25(2)20-28-18-19-40-38(21-28)42-36-17-15-31(44-5)23-35(36)34-16-14-33(24-37(34)42)45-32-13-9-12-30(22-32)43-27(4)39(26(3)41-43)29-10-7-6-8-11-29;/h6-19,21,23,25H,20H2,1-5H3;/q-2;+2. The molecule has 232 valence electrons. The van der Waals surface area contributed by atoms with E-state index in [0.717, 1.165) is 68.0 Å². The van der Waals surface area contributed by atoms with E-state index in [4.69, 9.17) is 19.6 Å². The van der Waals surface area contributed by atoms with Gasteiger partial charge in [-0.2, -0.15) is 17.2 Å². The van der Waals surface area contributed by atoms with Crippen LogP contribution in [0, 0.1) is 31.9 Å². The van der Waals surface area contributed by atoms with Crippen molar-refractivity contribution in [2.24, 2.45) is 5.92 Å². The van der Waals surface area contributed by atoms with Crippen molar-refractivity contribution < 1.29 is 30.5 Å². The molecule has 0 saturated carbocycles. The van der Waals surface area contributed by atoms with E-state index >= 15 is 0 Å². The van der Waals surface area contributed by atoms with Crippen LogP contribution in [0.4, 0.5) is 0 Å². The molecule has 0 radical (unpaired) electrons. The average molecular weight is 786 g/mol. The van der Waals surface area contributed by atoms with Crippen LogP contribution in [0.3, 0.4) is 0 Å². The Morgan fingerprint density at radius 3 is 2.41 bits per heavy atom. The summed E-state index contributed by atoms with van der Waals surface area (Å²) in [6.45, 7) is 8.59. The number of hydrogen-bond acceptors (Lipinski definition) is 4. The van der Waals surface area contributed by atoms with Gasteiger partial charge in [-0.15, -0.1) is 35.7 Å². The second kappa shape index (κ2) is 13.0. The van der Waals surface area contributed by atoms with Crippen LogP contribution in [0.25, 0.3) is 44.4 Å². The third-order valence-corrected chi connectivity index (χ3v) is 8.09. The number of aromatic nitrogens is 4. The van der Waals surface area contributed by atoms with Gasteiger partial charge in [-0.3, -0.25) is 4.68 Å². The van der Waals surface area contributed by atoms with E-state index in [0.29, 0.717) is 17.4 Å². The van der Waals surface area contributed by atoms with E-state index in [1.807, 2.05) is 66.3 Å². The Labute approximate surface area is 283 Å². The Morgan fingerprint density at radius 1 is 0.826 bits per heavy atom. The summed E-state index contributed by atoms with van der Waals surface area (Å²) >= 11 is 0. The zero-order valence-electron chi connectivity index (χ0n) is 26.4. The average Bonchev–Trinajstić information content (AvgIpc) is 3.53. The van der Waals surface area contributed by atoms with E-state index in [-0.39, 0.29) is 21.1 Å². The van der Waals surface area contributed by atoms with Crippen molar-refractivity contribution in [1.82, 2.24) is 19.3 Å². The Balaban J connectivity index is 0.00000372. The molecule has 0 bridgehead atoms. The topological polar surface area (TPSA) is 54.1 Å². The van der Waals surface area contributed by atoms with Gasteiger partial charge in [-0.05, 0) is 78.7 Å². The maximum Gasteiger partial charge on any atom is 2.00 e. The van der Waals surface area contributed by atoms with E-state index in [9.17, 15) is 0 Å². The fraction of sp³-hybridized carbons (Fsp3) is 0.179. The molecular formula is C39H34N4O2Pt. The van der Waals surface area contributed by atoms with Gasteiger partial charge in [0, 0.05) is 34.5 Å². The van der Waals surface area contributed by atoms with Crippen molar-refractivity contribution in [3.8, 4) is 39.9 Å². The number of benzene rings is 4. The molecule has 6 nitrogen and oxygen atoms in total. The Bertz CT molecular complexity index is 2160. The molecule has 7 rings (SSSR count). The molecule has 0 saturated heterocycles. The molecule has 7 aromatic rings. The van der Waals surface area contributed by atoms with Crippen LogP contribution >= 0.6 is 0 Å². The minimum atomic E-state index is 0. The molecule has 4 aromatic carbocycles. The number of aryl methyl sites for hydroxylation is 1. The quantitative estimate of drug-likeness (QED) is 0.144. The van der Waals surface area contributed by atoms with E-state index in [2.05, 4.69) is 79.9 Å². The predicted octanol–water partition coefficient (Wildman–Crippen LogP) is 9.25. The number of ether oxygens (including phenoxy) is 2. The zero-order chi connectivity index (χ0) is 31.1. The van der Waals surface area contributed by atoms with Gasteiger partial charge < -0.3 is 14.0 Å². The summed E-state index contributed by atoms with van der Waals surface area (Å²) in [5.74, 6) is 3.36. The first-order valence-electron chi connectivity index (χ1n) is 15.2. The Morgan fingerprint density at radius 2 is 1.63 bits per heavy atom. The van der Waals surface area contributed by atoms with Crippen molar-refractivity contribution in [2.75, 3.05) is 7.11 Å². The van der Waals surface area contributed by atoms with Crippen molar-refractivity contribution in [1.29, 1.82) is 0 Å². The molecule has 3 aromatic heterocycles. The summed E-state index contributed by atoms with van der Waals surface area (Å²) in [5.41, 5.74) is 8.25. The van der Waals surface area contributed by atoms with Crippen LogP contribution in [-0.2, 0) is 27.5 Å². The molecule has 7 heteroatoms. The monoisotopic (exact) mass is 785 g/mol. The van der Waals surface area contributed by atoms with Crippen LogP contribution < -0.4 is 9.47 Å². The van der Waals surface area contributed by atoms with Crippen LogP contribution in [0.15, 0.2) is 97.2 Å². The van der Waals surface area contributed by atoms with Gasteiger partial charge in [-0.1, -0.05) is 49.7 Å². The van der Waals surface area contributed by atoms with Crippen molar-refractivity contribution in [3.63, 3.8) is 0 Å². The molecular weight excluding hydrogens is 752 g/mol. The van der Waals surface area contributed by atoms with Crippen molar-refractivity contribution >= 4 is 21.8 Å². The molecule has 0 atom stereocenters. The second-order valence-corrected chi connectivity index (χ2v) is 11.7. The zero-order valence-corrected chi connectivity index (χ0v) is 28.7. The number of nitrogens with zero attached hydrogens (tertiary/aromatic N) is 4. The van der Waals surface area contributed by atoms with E-state index in [1.54, 1.807) is 7.11 Å².